The number of nitrogens with zero attached hydrogens (tertiary/aromatic N) is 5. The number of fused-ring (bicyclic) bond motifs is 1. The Morgan fingerprint density at radius 1 is 1.30 bits per heavy atom. The number of nitrogen functional groups attached to an aromatic ring is 1. The van der Waals surface area contributed by atoms with Gasteiger partial charge < -0.3 is 10.6 Å². The number of rotatable bonds is 2. The van der Waals surface area contributed by atoms with Crippen LogP contribution in [0.25, 0.3) is 10.9 Å². The van der Waals surface area contributed by atoms with Crippen molar-refractivity contribution in [3.8, 4) is 11.8 Å². The number of carbonyl (C=O) groups is 1. The quantitative estimate of drug-likeness (QED) is 0.519. The Morgan fingerprint density at radius 3 is 2.73 bits per heavy atom. The highest BCUT2D eigenvalue weighted by atomic mass is 19.1. The fourth-order valence-electron chi connectivity index (χ4n) is 3.62. The molecule has 0 spiro atoms. The van der Waals surface area contributed by atoms with E-state index in [1.807, 2.05) is 6.92 Å². The van der Waals surface area contributed by atoms with Crippen molar-refractivity contribution < 1.29 is 13.6 Å². The Kier molecular flexibility index (Phi) is 4.91. The topological polar surface area (TPSA) is 89.9 Å². The number of aromatic nitrogens is 4. The minimum Gasteiger partial charge on any atom is -0.383 e. The molecule has 1 amide bonds. The second kappa shape index (κ2) is 7.55. The molecular weight excluding hydrogens is 390 g/mol. The summed E-state index contributed by atoms with van der Waals surface area (Å²) in [6.45, 7) is 6.43. The molecule has 4 rings (SSSR count). The molecule has 1 aliphatic rings. The van der Waals surface area contributed by atoms with Crippen molar-refractivity contribution in [3.63, 3.8) is 0 Å². The number of aryl methyl sites for hydroxylation is 1. The van der Waals surface area contributed by atoms with Crippen molar-refractivity contribution in [2.24, 2.45) is 0 Å². The first kappa shape index (κ1) is 19.5. The molecule has 7 nitrogen and oxygen atoms in total. The summed E-state index contributed by atoms with van der Waals surface area (Å²) >= 11 is 0. The van der Waals surface area contributed by atoms with Gasteiger partial charge in [-0.25, -0.2) is 13.8 Å². The van der Waals surface area contributed by atoms with Crippen LogP contribution in [0.5, 0.6) is 0 Å². The number of amides is 1. The molecule has 1 atom stereocenters. The molecule has 0 radical (unpaired) electrons. The molecule has 30 heavy (non-hydrogen) atoms. The number of halogens is 2. The monoisotopic (exact) mass is 408 g/mol. The van der Waals surface area contributed by atoms with E-state index in [1.54, 1.807) is 15.8 Å². The van der Waals surface area contributed by atoms with Gasteiger partial charge >= 0.3 is 0 Å². The van der Waals surface area contributed by atoms with Gasteiger partial charge in [0.1, 0.15) is 11.5 Å². The van der Waals surface area contributed by atoms with Crippen molar-refractivity contribution >= 4 is 22.6 Å². The molecular formula is C21H18F2N6O. The fourth-order valence-corrected chi connectivity index (χ4v) is 3.62. The maximum Gasteiger partial charge on any atom is 0.246 e. The van der Waals surface area contributed by atoms with Gasteiger partial charge in [0.25, 0.3) is 0 Å². The molecule has 1 saturated heterocycles. The summed E-state index contributed by atoms with van der Waals surface area (Å²) in [5.41, 5.74) is 7.53. The third kappa shape index (κ3) is 3.26. The van der Waals surface area contributed by atoms with Gasteiger partial charge in [-0.15, -0.1) is 0 Å². The van der Waals surface area contributed by atoms with Gasteiger partial charge in [-0.2, -0.15) is 5.10 Å². The highest BCUT2D eigenvalue weighted by molar-refractivity contribution is 5.95. The fraction of sp³-hybridized carbons (Fsp3) is 0.238. The predicted molar refractivity (Wildman–Crippen MR) is 107 cm³/mol. The Balaban J connectivity index is 1.83. The van der Waals surface area contributed by atoms with Crippen LogP contribution in [-0.4, -0.2) is 43.6 Å². The summed E-state index contributed by atoms with van der Waals surface area (Å²) in [5, 5.41) is 5.11. The molecule has 152 valence electrons. The van der Waals surface area contributed by atoms with E-state index in [2.05, 4.69) is 33.5 Å². The van der Waals surface area contributed by atoms with Crippen LogP contribution in [0.1, 0.15) is 29.3 Å². The first-order chi connectivity index (χ1) is 14.4. The third-order valence-corrected chi connectivity index (χ3v) is 5.09. The summed E-state index contributed by atoms with van der Waals surface area (Å²) in [7, 11) is 0. The Labute approximate surface area is 171 Å². The first-order valence-electron chi connectivity index (χ1n) is 9.26. The van der Waals surface area contributed by atoms with Crippen LogP contribution < -0.4 is 5.73 Å². The van der Waals surface area contributed by atoms with Crippen molar-refractivity contribution in [1.82, 2.24) is 24.6 Å². The predicted octanol–water partition coefficient (Wildman–Crippen LogP) is 2.35. The molecule has 1 aliphatic heterocycles. The number of hydrogen-bond acceptors (Lipinski definition) is 5. The zero-order valence-electron chi connectivity index (χ0n) is 16.2. The molecule has 4 heterocycles. The number of hydrogen-bond donors (Lipinski definition) is 1. The van der Waals surface area contributed by atoms with Gasteiger partial charge in [0.2, 0.25) is 5.91 Å². The standard InChI is InChI=1S/C21H18F2N6O/c1-3-18(30)28-7-6-13(11-28)29-20-12(2)8-26-21(24)19(20)17(27-29)5-4-14-15(22)9-25-10-16(14)23/h3,8-10,13H,1,6-7,11H2,2H3,(H2,24,26)/t13-/m0/s1. The van der Waals surface area contributed by atoms with Crippen LogP contribution in [0.2, 0.25) is 0 Å². The van der Waals surface area contributed by atoms with Crippen LogP contribution in [0.4, 0.5) is 14.6 Å². The lowest BCUT2D eigenvalue weighted by Gasteiger charge is -2.15. The van der Waals surface area contributed by atoms with Crippen LogP contribution in [-0.2, 0) is 4.79 Å². The zero-order chi connectivity index (χ0) is 21.4. The summed E-state index contributed by atoms with van der Waals surface area (Å²) in [4.78, 5) is 21.3. The summed E-state index contributed by atoms with van der Waals surface area (Å²) in [6.07, 6.45) is 5.40. The molecule has 2 N–H and O–H groups in total. The first-order valence-corrected chi connectivity index (χ1v) is 9.26. The van der Waals surface area contributed by atoms with E-state index < -0.39 is 17.2 Å². The molecule has 9 heteroatoms. The minimum atomic E-state index is -0.858. The van der Waals surface area contributed by atoms with Crippen LogP contribution >= 0.6 is 0 Å². The third-order valence-electron chi connectivity index (χ3n) is 5.09. The van der Waals surface area contributed by atoms with Gasteiger partial charge in [0.05, 0.1) is 34.9 Å². The minimum absolute atomic E-state index is 0.0955. The maximum absolute atomic E-state index is 13.9. The molecule has 3 aromatic heterocycles. The van der Waals surface area contributed by atoms with Crippen LogP contribution in [0.3, 0.4) is 0 Å². The maximum atomic E-state index is 13.9. The van der Waals surface area contributed by atoms with Crippen molar-refractivity contribution in [3.05, 3.63) is 59.7 Å². The molecule has 0 unspecified atom stereocenters. The summed E-state index contributed by atoms with van der Waals surface area (Å²) in [6, 6.07) is -0.0955. The molecule has 0 aliphatic carbocycles. The lowest BCUT2D eigenvalue weighted by molar-refractivity contribution is -0.125. The van der Waals surface area contributed by atoms with Gasteiger partial charge in [0, 0.05) is 19.3 Å². The Hall–Kier alpha value is -3.80. The average molecular weight is 408 g/mol. The average Bonchev–Trinajstić information content (AvgIpc) is 3.35. The highest BCUT2D eigenvalue weighted by Gasteiger charge is 2.29. The Bertz CT molecular complexity index is 1220. The second-order valence-corrected chi connectivity index (χ2v) is 7.00. The molecule has 0 aromatic carbocycles. The lowest BCUT2D eigenvalue weighted by atomic mass is 10.1. The smallest absolute Gasteiger partial charge is 0.246 e. The SMILES string of the molecule is C=CC(=O)N1CC[C@H](n2nc(C#Cc3c(F)cncc3F)c3c(N)ncc(C)c32)C1. The number of anilines is 1. The largest absolute Gasteiger partial charge is 0.383 e. The van der Waals surface area contributed by atoms with Gasteiger partial charge in [-0.05, 0) is 30.9 Å². The van der Waals surface area contributed by atoms with Crippen LogP contribution in [0, 0.1) is 30.4 Å². The highest BCUT2D eigenvalue weighted by Crippen LogP contribution is 2.31. The number of likely N-dealkylation sites (tertiary alicyclic amines) is 1. The van der Waals surface area contributed by atoms with Gasteiger partial charge in [0.15, 0.2) is 11.6 Å². The number of pyridine rings is 2. The van der Waals surface area contributed by atoms with E-state index in [0.29, 0.717) is 24.9 Å². The molecule has 1 fully saturated rings. The van der Waals surface area contributed by atoms with E-state index in [1.165, 1.54) is 6.08 Å². The summed E-state index contributed by atoms with van der Waals surface area (Å²) in [5.74, 6) is 3.60. The second-order valence-electron chi connectivity index (χ2n) is 7.00. The summed E-state index contributed by atoms with van der Waals surface area (Å²) < 4.78 is 29.6. The van der Waals surface area contributed by atoms with E-state index in [9.17, 15) is 13.6 Å². The molecule has 3 aromatic rings. The van der Waals surface area contributed by atoms with Crippen molar-refractivity contribution in [1.29, 1.82) is 0 Å². The number of carbonyl (C=O) groups excluding carboxylic acids is 1. The normalized spacial score (nSPS) is 15.8. The lowest BCUT2D eigenvalue weighted by Crippen LogP contribution is -2.27. The molecule has 0 bridgehead atoms. The van der Waals surface area contributed by atoms with Gasteiger partial charge in [-0.3, -0.25) is 14.5 Å². The van der Waals surface area contributed by atoms with Crippen molar-refractivity contribution in [2.45, 2.75) is 19.4 Å². The van der Waals surface area contributed by atoms with Crippen LogP contribution in [0.15, 0.2) is 31.2 Å². The van der Waals surface area contributed by atoms with E-state index in [4.69, 9.17) is 5.73 Å². The van der Waals surface area contributed by atoms with E-state index in [0.717, 1.165) is 23.5 Å². The number of nitrogens with two attached hydrogens (primary N) is 1. The van der Waals surface area contributed by atoms with E-state index in [-0.39, 0.29) is 23.5 Å². The van der Waals surface area contributed by atoms with Gasteiger partial charge in [-0.1, -0.05) is 12.5 Å². The molecule has 0 saturated carbocycles. The Morgan fingerprint density at radius 2 is 2.03 bits per heavy atom. The van der Waals surface area contributed by atoms with E-state index >= 15 is 0 Å². The zero-order valence-corrected chi connectivity index (χ0v) is 16.2. The van der Waals surface area contributed by atoms with Crippen molar-refractivity contribution in [2.75, 3.05) is 18.8 Å².